The summed E-state index contributed by atoms with van der Waals surface area (Å²) in [4.78, 5) is 42.9. The van der Waals surface area contributed by atoms with E-state index in [1.165, 1.54) is 4.90 Å². The van der Waals surface area contributed by atoms with Gasteiger partial charge in [0, 0.05) is 36.9 Å². The van der Waals surface area contributed by atoms with E-state index in [-0.39, 0.29) is 11.8 Å². The number of nitrogens with one attached hydrogen (secondary N) is 1. The Hall–Kier alpha value is -0.830. The molecule has 132 valence electrons. The van der Waals surface area contributed by atoms with Crippen LogP contribution in [-0.2, 0) is 4.57 Å². The minimum atomic E-state index is -3.98. The van der Waals surface area contributed by atoms with E-state index in [0.717, 1.165) is 5.75 Å². The van der Waals surface area contributed by atoms with Crippen LogP contribution in [0, 0.1) is 0 Å². The Morgan fingerprint density at radius 1 is 1.00 bits per heavy atom. The number of fused-ring (bicyclic) bond motifs is 1. The Labute approximate surface area is 148 Å². The number of carbonyl (C=O) groups is 2. The van der Waals surface area contributed by atoms with E-state index in [1.54, 1.807) is 36.0 Å². The smallest absolute Gasteiger partial charge is 0.317 e. The monoisotopic (exact) mass is 390 g/mol. The lowest BCUT2D eigenvalue weighted by atomic mass is 10.1. The van der Waals surface area contributed by atoms with Gasteiger partial charge in [-0.25, -0.2) is 4.57 Å². The summed E-state index contributed by atoms with van der Waals surface area (Å²) in [6.07, 6.45) is 0. The van der Waals surface area contributed by atoms with Gasteiger partial charge in [0.2, 0.25) is 0 Å². The molecule has 2 amide bonds. The molecule has 0 aromatic heterocycles. The van der Waals surface area contributed by atoms with Crippen molar-refractivity contribution in [2.45, 2.75) is 0 Å². The fraction of sp³-hybridized carbons (Fsp3) is 0.429. The largest absolute Gasteiger partial charge is 0.384 e. The van der Waals surface area contributed by atoms with Gasteiger partial charge >= 0.3 is 6.80 Å². The first-order valence-corrected chi connectivity index (χ1v) is 11.7. The molecular weight excluding hydrogens is 371 g/mol. The molecule has 10 heteroatoms. The van der Waals surface area contributed by atoms with Crippen molar-refractivity contribution in [3.63, 3.8) is 0 Å². The third-order valence-corrected chi connectivity index (χ3v) is 6.54. The maximum absolute atomic E-state index is 12.1. The first-order chi connectivity index (χ1) is 11.4. The van der Waals surface area contributed by atoms with Crippen molar-refractivity contribution in [3.8, 4) is 0 Å². The van der Waals surface area contributed by atoms with Crippen LogP contribution in [0.3, 0.4) is 0 Å². The average molecular weight is 390 g/mol. The summed E-state index contributed by atoms with van der Waals surface area (Å²) >= 11 is 2.25. The van der Waals surface area contributed by atoms with Crippen LogP contribution in [-0.4, -0.2) is 63.4 Å². The zero-order valence-corrected chi connectivity index (χ0v) is 15.4. The second kappa shape index (κ2) is 9.03. The molecular formula is C14H19N2O5PS2. The van der Waals surface area contributed by atoms with Gasteiger partial charge in [-0.2, -0.15) is 11.8 Å². The molecule has 1 aromatic rings. The fourth-order valence-electron chi connectivity index (χ4n) is 2.21. The van der Waals surface area contributed by atoms with Gasteiger partial charge in [0.15, 0.2) is 0 Å². The standard InChI is InChI=1S/C14H19N2O5PS2/c17-13-11-3-1-2-4-12(11)14(18)16(13)7-10-23-8-5-15-6-9-24-22(19,20)21/h1-4,15H,5-10H2,(H2,19,20,21). The molecule has 3 N–H and O–H groups in total. The van der Waals surface area contributed by atoms with Crippen molar-refractivity contribution >= 4 is 41.8 Å². The Morgan fingerprint density at radius 2 is 1.58 bits per heavy atom. The van der Waals surface area contributed by atoms with E-state index in [1.807, 2.05) is 0 Å². The molecule has 1 aromatic carbocycles. The molecule has 0 unspecified atom stereocenters. The molecule has 0 saturated carbocycles. The van der Waals surface area contributed by atoms with E-state index in [4.69, 9.17) is 9.79 Å². The Bertz CT molecular complexity index is 617. The summed E-state index contributed by atoms with van der Waals surface area (Å²) < 4.78 is 10.6. The molecule has 0 atom stereocenters. The van der Waals surface area contributed by atoms with Crippen LogP contribution in [0.25, 0.3) is 0 Å². The number of amides is 2. The van der Waals surface area contributed by atoms with Crippen LogP contribution >= 0.6 is 29.9 Å². The number of hydrogen-bond donors (Lipinski definition) is 3. The topological polar surface area (TPSA) is 107 Å². The third kappa shape index (κ3) is 5.61. The predicted octanol–water partition coefficient (Wildman–Crippen LogP) is 1.43. The number of thioether (sulfide) groups is 1. The predicted molar refractivity (Wildman–Crippen MR) is 96.5 cm³/mol. The molecule has 7 nitrogen and oxygen atoms in total. The van der Waals surface area contributed by atoms with Gasteiger partial charge in [-0.05, 0) is 23.5 Å². The lowest BCUT2D eigenvalue weighted by Crippen LogP contribution is -2.32. The molecule has 1 heterocycles. The second-order valence-corrected chi connectivity index (χ2v) is 10.1. The van der Waals surface area contributed by atoms with Gasteiger partial charge in [0.25, 0.3) is 11.8 Å². The molecule has 0 spiro atoms. The Balaban J connectivity index is 1.58. The SMILES string of the molecule is O=C1c2ccccc2C(=O)N1CCSCCNCCSP(=O)(O)O. The molecule has 0 aliphatic carbocycles. The molecule has 0 fully saturated rings. The quantitative estimate of drug-likeness (QED) is 0.313. The minimum absolute atomic E-state index is 0.233. The van der Waals surface area contributed by atoms with E-state index >= 15 is 0 Å². The van der Waals surface area contributed by atoms with Gasteiger partial charge in [0.05, 0.1) is 11.1 Å². The minimum Gasteiger partial charge on any atom is -0.317 e. The van der Waals surface area contributed by atoms with Gasteiger partial charge in [-0.3, -0.25) is 14.5 Å². The van der Waals surface area contributed by atoms with Crippen LogP contribution in [0.4, 0.5) is 0 Å². The Morgan fingerprint density at radius 3 is 2.17 bits per heavy atom. The number of carbonyl (C=O) groups excluding carboxylic acids is 2. The van der Waals surface area contributed by atoms with Crippen LogP contribution in [0.1, 0.15) is 20.7 Å². The van der Waals surface area contributed by atoms with Crippen molar-refractivity contribution in [2.24, 2.45) is 0 Å². The van der Waals surface area contributed by atoms with Gasteiger partial charge in [-0.15, -0.1) is 0 Å². The average Bonchev–Trinajstić information content (AvgIpc) is 2.77. The molecule has 24 heavy (non-hydrogen) atoms. The van der Waals surface area contributed by atoms with Crippen molar-refractivity contribution in [1.82, 2.24) is 10.2 Å². The molecule has 0 saturated heterocycles. The molecule has 2 rings (SSSR count). The fourth-order valence-corrected chi connectivity index (χ4v) is 4.47. The maximum atomic E-state index is 12.1. The van der Waals surface area contributed by atoms with Crippen LogP contribution in [0.15, 0.2) is 24.3 Å². The highest BCUT2D eigenvalue weighted by atomic mass is 32.7. The molecule has 0 bridgehead atoms. The normalized spacial score (nSPS) is 14.3. The number of nitrogens with zero attached hydrogens (tertiary/aromatic N) is 1. The first-order valence-electron chi connectivity index (χ1n) is 7.34. The summed E-state index contributed by atoms with van der Waals surface area (Å²) in [5, 5.41) is 3.09. The molecule has 0 radical (unpaired) electrons. The highest BCUT2D eigenvalue weighted by Crippen LogP contribution is 2.49. The highest BCUT2D eigenvalue weighted by molar-refractivity contribution is 8.54. The Kier molecular flexibility index (Phi) is 7.34. The highest BCUT2D eigenvalue weighted by Gasteiger charge is 2.34. The lowest BCUT2D eigenvalue weighted by Gasteiger charge is -2.13. The number of rotatable bonds is 10. The van der Waals surface area contributed by atoms with Gasteiger partial charge < -0.3 is 15.1 Å². The van der Waals surface area contributed by atoms with Gasteiger partial charge in [0.1, 0.15) is 0 Å². The number of hydrogen-bond acceptors (Lipinski definition) is 6. The van der Waals surface area contributed by atoms with E-state index in [9.17, 15) is 14.2 Å². The summed E-state index contributed by atoms with van der Waals surface area (Å²) in [6.45, 7) is -2.37. The number of imide groups is 1. The maximum Gasteiger partial charge on any atom is 0.384 e. The van der Waals surface area contributed by atoms with Crippen molar-refractivity contribution in [1.29, 1.82) is 0 Å². The molecule has 1 aliphatic heterocycles. The van der Waals surface area contributed by atoms with Crippen molar-refractivity contribution in [2.75, 3.05) is 36.9 Å². The van der Waals surface area contributed by atoms with Gasteiger partial charge in [-0.1, -0.05) is 12.1 Å². The van der Waals surface area contributed by atoms with Crippen LogP contribution < -0.4 is 5.32 Å². The first kappa shape index (κ1) is 19.5. The summed E-state index contributed by atoms with van der Waals surface area (Å²) in [5.74, 6) is 1.34. The number of benzene rings is 1. The zero-order chi connectivity index (χ0) is 17.6. The zero-order valence-electron chi connectivity index (χ0n) is 12.9. The molecule has 1 aliphatic rings. The summed E-state index contributed by atoms with van der Waals surface area (Å²) in [7, 11) is 0. The second-order valence-electron chi connectivity index (χ2n) is 4.99. The van der Waals surface area contributed by atoms with Crippen molar-refractivity contribution in [3.05, 3.63) is 35.4 Å². The van der Waals surface area contributed by atoms with E-state index in [2.05, 4.69) is 5.32 Å². The van der Waals surface area contributed by atoms with E-state index in [0.29, 0.717) is 53.6 Å². The van der Waals surface area contributed by atoms with Crippen LogP contribution in [0.5, 0.6) is 0 Å². The summed E-state index contributed by atoms with van der Waals surface area (Å²) in [5.41, 5.74) is 0.938. The van der Waals surface area contributed by atoms with Crippen LogP contribution in [0.2, 0.25) is 0 Å². The third-order valence-electron chi connectivity index (χ3n) is 3.30. The summed E-state index contributed by atoms with van der Waals surface area (Å²) in [6, 6.07) is 6.84. The van der Waals surface area contributed by atoms with Crippen molar-refractivity contribution < 1.29 is 23.9 Å². The lowest BCUT2D eigenvalue weighted by molar-refractivity contribution is 0.0664. The van der Waals surface area contributed by atoms with E-state index < -0.39 is 6.80 Å².